The lowest BCUT2D eigenvalue weighted by atomic mass is 10.2. The van der Waals surface area contributed by atoms with Gasteiger partial charge in [0.15, 0.2) is 0 Å². The molecular formula is C10H12F3NO2. The molecule has 0 aromatic carbocycles. The summed E-state index contributed by atoms with van der Waals surface area (Å²) in [6.07, 6.45) is -4.29. The van der Waals surface area contributed by atoms with Crippen LogP contribution in [0.2, 0.25) is 0 Å². The average molecular weight is 235 g/mol. The number of rotatable bonds is 3. The Hall–Kier alpha value is -1.46. The van der Waals surface area contributed by atoms with E-state index in [2.05, 4.69) is 9.73 Å². The van der Waals surface area contributed by atoms with Crippen LogP contribution in [0.4, 0.5) is 13.2 Å². The summed E-state index contributed by atoms with van der Waals surface area (Å²) >= 11 is 0. The molecule has 1 amide bonds. The smallest absolute Gasteiger partial charge is 0.449 e. The van der Waals surface area contributed by atoms with Crippen LogP contribution in [0.5, 0.6) is 0 Å². The molecule has 16 heavy (non-hydrogen) atoms. The molecule has 1 aromatic heterocycles. The number of amides is 1. The van der Waals surface area contributed by atoms with Gasteiger partial charge in [-0.15, -0.1) is 0 Å². The van der Waals surface area contributed by atoms with Crippen molar-refractivity contribution < 1.29 is 22.4 Å². The molecule has 0 spiro atoms. The molecule has 0 radical (unpaired) electrons. The van der Waals surface area contributed by atoms with Crippen LogP contribution < -0.4 is 5.32 Å². The summed E-state index contributed by atoms with van der Waals surface area (Å²) in [5.74, 6) is -1.17. The van der Waals surface area contributed by atoms with E-state index in [0.717, 1.165) is 0 Å². The molecule has 0 saturated heterocycles. The molecule has 0 bridgehead atoms. The van der Waals surface area contributed by atoms with Gasteiger partial charge in [0.2, 0.25) is 11.7 Å². The van der Waals surface area contributed by atoms with Gasteiger partial charge in [-0.25, -0.2) is 0 Å². The van der Waals surface area contributed by atoms with Gasteiger partial charge in [-0.2, -0.15) is 13.2 Å². The van der Waals surface area contributed by atoms with Gasteiger partial charge < -0.3 is 9.73 Å². The lowest BCUT2D eigenvalue weighted by Gasteiger charge is -2.06. The molecule has 0 saturated carbocycles. The number of hydrogen-bond donors (Lipinski definition) is 1. The van der Waals surface area contributed by atoms with Crippen LogP contribution in [0.15, 0.2) is 10.5 Å². The van der Waals surface area contributed by atoms with Crippen molar-refractivity contribution in [2.24, 2.45) is 0 Å². The number of furan rings is 1. The van der Waals surface area contributed by atoms with Crippen LogP contribution in [0.3, 0.4) is 0 Å². The Balaban J connectivity index is 2.83. The molecule has 0 aliphatic heterocycles. The summed E-state index contributed by atoms with van der Waals surface area (Å²) in [4.78, 5) is 10.9. The number of halogens is 3. The molecule has 3 nitrogen and oxygen atoms in total. The molecule has 6 heteroatoms. The van der Waals surface area contributed by atoms with Crippen LogP contribution in [0.25, 0.3) is 0 Å². The third-order valence-corrected chi connectivity index (χ3v) is 1.99. The minimum atomic E-state index is -4.53. The fourth-order valence-electron chi connectivity index (χ4n) is 1.26. The average Bonchev–Trinajstić information content (AvgIpc) is 2.55. The first kappa shape index (κ1) is 12.6. The highest BCUT2D eigenvalue weighted by Crippen LogP contribution is 2.33. The Morgan fingerprint density at radius 2 is 2.12 bits per heavy atom. The highest BCUT2D eigenvalue weighted by molar-refractivity contribution is 5.75. The van der Waals surface area contributed by atoms with Crippen LogP contribution in [0.1, 0.15) is 30.4 Å². The maximum Gasteiger partial charge on any atom is 0.449 e. The van der Waals surface area contributed by atoms with Crippen molar-refractivity contribution in [2.45, 2.75) is 33.0 Å². The first-order valence-corrected chi connectivity index (χ1v) is 4.77. The summed E-state index contributed by atoms with van der Waals surface area (Å²) < 4.78 is 42.0. The van der Waals surface area contributed by atoms with Gasteiger partial charge in [0.25, 0.3) is 0 Å². The zero-order chi connectivity index (χ0) is 12.3. The largest absolute Gasteiger partial charge is 0.456 e. The maximum absolute atomic E-state index is 12.5. The minimum Gasteiger partial charge on any atom is -0.456 e. The van der Waals surface area contributed by atoms with E-state index in [1.54, 1.807) is 6.92 Å². The van der Waals surface area contributed by atoms with E-state index in [0.29, 0.717) is 0 Å². The first-order valence-electron chi connectivity index (χ1n) is 4.77. The third-order valence-electron chi connectivity index (χ3n) is 1.99. The van der Waals surface area contributed by atoms with Gasteiger partial charge in [-0.1, -0.05) is 6.92 Å². The van der Waals surface area contributed by atoms with Gasteiger partial charge in [0.05, 0.1) is 0 Å². The zero-order valence-corrected chi connectivity index (χ0v) is 8.94. The molecular weight excluding hydrogens is 223 g/mol. The van der Waals surface area contributed by atoms with E-state index in [-0.39, 0.29) is 30.2 Å². The monoisotopic (exact) mass is 235 g/mol. The Bertz CT molecular complexity index is 382. The minimum absolute atomic E-state index is 0.0493. The quantitative estimate of drug-likeness (QED) is 0.875. The van der Waals surface area contributed by atoms with Gasteiger partial charge in [0, 0.05) is 18.5 Å². The molecule has 0 fully saturated rings. The standard InChI is InChI=1S/C10H12F3NO2/c1-3-8(15)14-5-7-4-6(2)16-9(7)10(11,12)13/h4H,3,5H2,1-2H3,(H,14,15). The molecule has 1 aromatic rings. The van der Waals surface area contributed by atoms with E-state index in [1.165, 1.54) is 13.0 Å². The van der Waals surface area contributed by atoms with E-state index < -0.39 is 11.9 Å². The van der Waals surface area contributed by atoms with Gasteiger partial charge in [-0.3, -0.25) is 4.79 Å². The summed E-state index contributed by atoms with van der Waals surface area (Å²) in [5.41, 5.74) is -0.0493. The summed E-state index contributed by atoms with van der Waals surface area (Å²) in [7, 11) is 0. The van der Waals surface area contributed by atoms with Crippen LogP contribution in [-0.4, -0.2) is 5.91 Å². The second-order valence-electron chi connectivity index (χ2n) is 3.34. The van der Waals surface area contributed by atoms with Crippen molar-refractivity contribution in [1.82, 2.24) is 5.32 Å². The van der Waals surface area contributed by atoms with E-state index >= 15 is 0 Å². The Kier molecular flexibility index (Phi) is 3.62. The maximum atomic E-state index is 12.5. The molecule has 90 valence electrons. The normalized spacial score (nSPS) is 11.6. The topological polar surface area (TPSA) is 42.2 Å². The predicted molar refractivity (Wildman–Crippen MR) is 50.6 cm³/mol. The number of carbonyl (C=O) groups excluding carboxylic acids is 1. The molecule has 0 aliphatic carbocycles. The van der Waals surface area contributed by atoms with Crippen LogP contribution in [0, 0.1) is 6.92 Å². The van der Waals surface area contributed by atoms with Crippen molar-refractivity contribution in [3.63, 3.8) is 0 Å². The fourth-order valence-corrected chi connectivity index (χ4v) is 1.26. The van der Waals surface area contributed by atoms with Crippen molar-refractivity contribution in [3.05, 3.63) is 23.2 Å². The van der Waals surface area contributed by atoms with Crippen LogP contribution >= 0.6 is 0 Å². The highest BCUT2D eigenvalue weighted by atomic mass is 19.4. The molecule has 0 atom stereocenters. The van der Waals surface area contributed by atoms with Crippen LogP contribution in [-0.2, 0) is 17.5 Å². The molecule has 1 rings (SSSR count). The predicted octanol–water partition coefficient (Wildman–Crippen LogP) is 2.63. The molecule has 1 heterocycles. The highest BCUT2D eigenvalue weighted by Gasteiger charge is 2.37. The number of nitrogens with one attached hydrogen (secondary N) is 1. The first-order chi connectivity index (χ1) is 7.34. The summed E-state index contributed by atoms with van der Waals surface area (Å²) in [6, 6.07) is 1.28. The summed E-state index contributed by atoms with van der Waals surface area (Å²) in [5, 5.41) is 2.38. The van der Waals surface area contributed by atoms with E-state index in [1.807, 2.05) is 0 Å². The lowest BCUT2D eigenvalue weighted by molar-refractivity contribution is -0.154. The third kappa shape index (κ3) is 3.01. The van der Waals surface area contributed by atoms with Crippen molar-refractivity contribution >= 4 is 5.91 Å². The fraction of sp³-hybridized carbons (Fsp3) is 0.500. The van der Waals surface area contributed by atoms with Gasteiger partial charge >= 0.3 is 6.18 Å². The Morgan fingerprint density at radius 3 is 2.62 bits per heavy atom. The number of alkyl halides is 3. The van der Waals surface area contributed by atoms with Crippen molar-refractivity contribution in [3.8, 4) is 0 Å². The van der Waals surface area contributed by atoms with Crippen molar-refractivity contribution in [1.29, 1.82) is 0 Å². The number of hydrogen-bond acceptors (Lipinski definition) is 2. The zero-order valence-electron chi connectivity index (χ0n) is 8.94. The van der Waals surface area contributed by atoms with Gasteiger partial charge in [-0.05, 0) is 13.0 Å². The molecule has 0 unspecified atom stereocenters. The van der Waals surface area contributed by atoms with E-state index in [9.17, 15) is 18.0 Å². The molecule has 0 aliphatic rings. The summed E-state index contributed by atoms with van der Waals surface area (Å²) in [6.45, 7) is 2.89. The number of carbonyl (C=O) groups is 1. The molecule has 1 N–H and O–H groups in total. The lowest BCUT2D eigenvalue weighted by Crippen LogP contribution is -2.22. The Morgan fingerprint density at radius 1 is 1.50 bits per heavy atom. The van der Waals surface area contributed by atoms with Crippen molar-refractivity contribution in [2.75, 3.05) is 0 Å². The second-order valence-corrected chi connectivity index (χ2v) is 3.34. The SMILES string of the molecule is CCC(=O)NCc1cc(C)oc1C(F)(F)F. The Labute approximate surface area is 90.6 Å². The van der Waals surface area contributed by atoms with E-state index in [4.69, 9.17) is 0 Å². The van der Waals surface area contributed by atoms with Gasteiger partial charge in [0.1, 0.15) is 5.76 Å². The number of aryl methyl sites for hydroxylation is 1. The second kappa shape index (κ2) is 4.59.